The van der Waals surface area contributed by atoms with Crippen LogP contribution in [0, 0.1) is 11.3 Å². The quantitative estimate of drug-likeness (QED) is 0.772. The van der Waals surface area contributed by atoms with Gasteiger partial charge in [-0.1, -0.05) is 0 Å². The van der Waals surface area contributed by atoms with Gasteiger partial charge in [0.25, 0.3) is 5.91 Å². The summed E-state index contributed by atoms with van der Waals surface area (Å²) < 4.78 is 15.8. The van der Waals surface area contributed by atoms with Gasteiger partial charge >= 0.3 is 0 Å². The van der Waals surface area contributed by atoms with E-state index in [-0.39, 0.29) is 11.9 Å². The van der Waals surface area contributed by atoms with Crippen molar-refractivity contribution in [3.05, 3.63) is 17.7 Å². The summed E-state index contributed by atoms with van der Waals surface area (Å²) in [6, 6.07) is 5.61. The first-order valence-corrected chi connectivity index (χ1v) is 7.14. The number of nitriles is 1. The summed E-state index contributed by atoms with van der Waals surface area (Å²) in [6.07, 6.45) is 2.30. The smallest absolute Gasteiger partial charge is 0.254 e. The van der Waals surface area contributed by atoms with E-state index in [1.807, 2.05) is 0 Å². The zero-order valence-electron chi connectivity index (χ0n) is 13.1. The molecule has 1 fully saturated rings. The average molecular weight is 304 g/mol. The Hall–Kier alpha value is -2.42. The van der Waals surface area contributed by atoms with Crippen LogP contribution in [0.1, 0.15) is 29.6 Å². The zero-order valence-corrected chi connectivity index (χ0v) is 13.1. The van der Waals surface area contributed by atoms with Crippen molar-refractivity contribution in [3.63, 3.8) is 0 Å². The maximum Gasteiger partial charge on any atom is 0.254 e. The van der Waals surface area contributed by atoms with E-state index in [1.54, 1.807) is 17.0 Å². The summed E-state index contributed by atoms with van der Waals surface area (Å²) in [7, 11) is 4.55. The summed E-state index contributed by atoms with van der Waals surface area (Å²) in [6.45, 7) is 0.441. The van der Waals surface area contributed by atoms with Crippen LogP contribution in [0.25, 0.3) is 0 Å². The normalized spacial score (nSPS) is 13.2. The minimum atomic E-state index is -0.114. The molecular weight excluding hydrogens is 284 g/mol. The van der Waals surface area contributed by atoms with Crippen molar-refractivity contribution in [1.82, 2.24) is 4.90 Å². The van der Waals surface area contributed by atoms with Gasteiger partial charge in [0.05, 0.1) is 33.8 Å². The first-order valence-electron chi connectivity index (χ1n) is 7.14. The summed E-state index contributed by atoms with van der Waals surface area (Å²) in [4.78, 5) is 14.5. The molecule has 6 heteroatoms. The third kappa shape index (κ3) is 3.25. The number of carbonyl (C=O) groups excluding carboxylic acids is 1. The minimum absolute atomic E-state index is 0.114. The summed E-state index contributed by atoms with van der Waals surface area (Å²) in [5.74, 6) is 1.23. The Labute approximate surface area is 130 Å². The van der Waals surface area contributed by atoms with Gasteiger partial charge in [0, 0.05) is 18.2 Å². The monoisotopic (exact) mass is 304 g/mol. The molecule has 1 aliphatic rings. The lowest BCUT2D eigenvalue weighted by molar-refractivity contribution is 0.0746. The van der Waals surface area contributed by atoms with Crippen LogP contribution in [0.2, 0.25) is 0 Å². The van der Waals surface area contributed by atoms with E-state index < -0.39 is 0 Å². The predicted octanol–water partition coefficient (Wildman–Crippen LogP) is 2.23. The van der Waals surface area contributed by atoms with Crippen molar-refractivity contribution in [3.8, 4) is 23.3 Å². The minimum Gasteiger partial charge on any atom is -0.493 e. The van der Waals surface area contributed by atoms with Crippen molar-refractivity contribution in [2.75, 3.05) is 27.9 Å². The second kappa shape index (κ2) is 7.03. The van der Waals surface area contributed by atoms with E-state index in [4.69, 9.17) is 19.5 Å². The van der Waals surface area contributed by atoms with Crippen LogP contribution in [0.4, 0.5) is 0 Å². The Kier molecular flexibility index (Phi) is 5.10. The molecular formula is C16H20N2O4. The molecule has 1 aliphatic carbocycles. The van der Waals surface area contributed by atoms with Gasteiger partial charge < -0.3 is 19.1 Å². The predicted molar refractivity (Wildman–Crippen MR) is 80.4 cm³/mol. The number of carbonyl (C=O) groups is 1. The van der Waals surface area contributed by atoms with Crippen LogP contribution in [0.5, 0.6) is 17.2 Å². The molecule has 1 aromatic rings. The molecule has 6 nitrogen and oxygen atoms in total. The number of hydrogen-bond acceptors (Lipinski definition) is 5. The number of nitrogens with zero attached hydrogens (tertiary/aromatic N) is 2. The van der Waals surface area contributed by atoms with Crippen molar-refractivity contribution in [2.24, 2.45) is 0 Å². The third-order valence-corrected chi connectivity index (χ3v) is 3.62. The fourth-order valence-corrected chi connectivity index (χ4v) is 2.38. The Morgan fingerprint density at radius 3 is 2.23 bits per heavy atom. The molecule has 118 valence electrons. The van der Waals surface area contributed by atoms with E-state index in [9.17, 15) is 4.79 Å². The molecule has 2 rings (SSSR count). The largest absolute Gasteiger partial charge is 0.493 e. The SMILES string of the molecule is COc1cc(C(=O)N(CCC#N)C2CC2)cc(OC)c1OC. The zero-order chi connectivity index (χ0) is 16.1. The molecule has 0 aromatic heterocycles. The van der Waals surface area contributed by atoms with E-state index in [2.05, 4.69) is 6.07 Å². The Bertz CT molecular complexity index is 565. The van der Waals surface area contributed by atoms with Gasteiger partial charge in [-0.3, -0.25) is 4.79 Å². The van der Waals surface area contributed by atoms with Crippen LogP contribution in [-0.2, 0) is 0 Å². The Morgan fingerprint density at radius 1 is 1.23 bits per heavy atom. The molecule has 0 N–H and O–H groups in total. The average Bonchev–Trinajstić information content (AvgIpc) is 3.38. The van der Waals surface area contributed by atoms with Gasteiger partial charge in [0.2, 0.25) is 5.75 Å². The lowest BCUT2D eigenvalue weighted by atomic mass is 10.1. The van der Waals surface area contributed by atoms with E-state index in [0.717, 1.165) is 12.8 Å². The van der Waals surface area contributed by atoms with Crippen LogP contribution in [0.3, 0.4) is 0 Å². The van der Waals surface area contributed by atoms with Crippen molar-refractivity contribution in [1.29, 1.82) is 5.26 Å². The third-order valence-electron chi connectivity index (χ3n) is 3.62. The lowest BCUT2D eigenvalue weighted by Gasteiger charge is -2.22. The topological polar surface area (TPSA) is 71.8 Å². The Balaban J connectivity index is 2.33. The molecule has 0 bridgehead atoms. The molecule has 1 saturated carbocycles. The summed E-state index contributed by atoms with van der Waals surface area (Å²) in [5, 5.41) is 8.76. The van der Waals surface area contributed by atoms with Gasteiger partial charge in [-0.15, -0.1) is 0 Å². The molecule has 0 atom stereocenters. The fourth-order valence-electron chi connectivity index (χ4n) is 2.38. The molecule has 0 unspecified atom stereocenters. The van der Waals surface area contributed by atoms with Crippen LogP contribution in [0.15, 0.2) is 12.1 Å². The first kappa shape index (κ1) is 16.0. The van der Waals surface area contributed by atoms with E-state index >= 15 is 0 Å². The number of amides is 1. The number of rotatable bonds is 7. The van der Waals surface area contributed by atoms with E-state index in [0.29, 0.717) is 35.8 Å². The van der Waals surface area contributed by atoms with Gasteiger partial charge in [0.15, 0.2) is 11.5 Å². The standard InChI is InChI=1S/C16H20N2O4/c1-20-13-9-11(10-14(21-2)15(13)22-3)16(19)18(8-4-7-17)12-5-6-12/h9-10,12H,4-6,8H2,1-3H3. The maximum atomic E-state index is 12.7. The number of hydrogen-bond donors (Lipinski definition) is 0. The molecule has 1 amide bonds. The van der Waals surface area contributed by atoms with Crippen LogP contribution >= 0.6 is 0 Å². The number of methoxy groups -OCH3 is 3. The van der Waals surface area contributed by atoms with Crippen molar-refractivity contribution in [2.45, 2.75) is 25.3 Å². The molecule has 0 radical (unpaired) electrons. The van der Waals surface area contributed by atoms with Crippen LogP contribution < -0.4 is 14.2 Å². The molecule has 22 heavy (non-hydrogen) atoms. The van der Waals surface area contributed by atoms with Gasteiger partial charge in [-0.25, -0.2) is 0 Å². The molecule has 0 saturated heterocycles. The second-order valence-electron chi connectivity index (χ2n) is 5.05. The first-order chi connectivity index (χ1) is 10.7. The summed E-state index contributed by atoms with van der Waals surface area (Å²) >= 11 is 0. The van der Waals surface area contributed by atoms with E-state index in [1.165, 1.54) is 21.3 Å². The Morgan fingerprint density at radius 2 is 1.82 bits per heavy atom. The molecule has 0 heterocycles. The molecule has 0 spiro atoms. The van der Waals surface area contributed by atoms with Gasteiger partial charge in [0.1, 0.15) is 0 Å². The van der Waals surface area contributed by atoms with Crippen LogP contribution in [-0.4, -0.2) is 44.7 Å². The van der Waals surface area contributed by atoms with Crippen molar-refractivity contribution >= 4 is 5.91 Å². The lowest BCUT2D eigenvalue weighted by Crippen LogP contribution is -2.34. The highest BCUT2D eigenvalue weighted by atomic mass is 16.5. The van der Waals surface area contributed by atoms with Crippen molar-refractivity contribution < 1.29 is 19.0 Å². The highest BCUT2D eigenvalue weighted by molar-refractivity contribution is 5.96. The summed E-state index contributed by atoms with van der Waals surface area (Å²) in [5.41, 5.74) is 0.472. The van der Waals surface area contributed by atoms with Gasteiger partial charge in [-0.2, -0.15) is 5.26 Å². The van der Waals surface area contributed by atoms with Gasteiger partial charge in [-0.05, 0) is 25.0 Å². The molecule has 0 aliphatic heterocycles. The maximum absolute atomic E-state index is 12.7. The highest BCUT2D eigenvalue weighted by Gasteiger charge is 2.33. The second-order valence-corrected chi connectivity index (χ2v) is 5.05. The number of benzene rings is 1. The highest BCUT2D eigenvalue weighted by Crippen LogP contribution is 2.39. The fraction of sp³-hybridized carbons (Fsp3) is 0.500. The number of ether oxygens (including phenoxy) is 3. The molecule has 1 aromatic carbocycles.